The summed E-state index contributed by atoms with van der Waals surface area (Å²) in [7, 11) is 0. The van der Waals surface area contributed by atoms with Crippen LogP contribution in [0.4, 0.5) is 4.39 Å². The third-order valence-corrected chi connectivity index (χ3v) is 4.88. The van der Waals surface area contributed by atoms with Gasteiger partial charge in [0, 0.05) is 4.88 Å². The number of hydrogen-bond acceptors (Lipinski definition) is 2. The molecule has 0 bridgehead atoms. The van der Waals surface area contributed by atoms with Gasteiger partial charge in [-0.05, 0) is 37.3 Å². The molecular weight excluding hydrogens is 318 g/mol. The van der Waals surface area contributed by atoms with Gasteiger partial charge in [0.2, 0.25) is 0 Å². The highest BCUT2D eigenvalue weighted by atomic mass is 35.5. The molecule has 0 amide bonds. The number of aromatic nitrogens is 2. The predicted octanol–water partition coefficient (Wildman–Crippen LogP) is 5.24. The zero-order valence-electron chi connectivity index (χ0n) is 10.6. The molecule has 2 nitrogen and oxygen atoms in total. The topological polar surface area (TPSA) is 17.8 Å². The van der Waals surface area contributed by atoms with Crippen molar-refractivity contribution in [2.24, 2.45) is 0 Å². The fraction of sp³-hybridized carbons (Fsp3) is 0.214. The lowest BCUT2D eigenvalue weighted by Gasteiger charge is -2.15. The monoisotopic (exact) mass is 328 g/mol. The number of rotatable bonds is 3. The zero-order valence-corrected chi connectivity index (χ0v) is 12.9. The highest BCUT2D eigenvalue weighted by Crippen LogP contribution is 2.32. The van der Waals surface area contributed by atoms with Gasteiger partial charge in [-0.25, -0.2) is 9.37 Å². The number of halogens is 3. The Morgan fingerprint density at radius 2 is 2.15 bits per heavy atom. The average molecular weight is 329 g/mol. The van der Waals surface area contributed by atoms with Crippen LogP contribution in [0.2, 0.25) is 4.34 Å². The van der Waals surface area contributed by atoms with Crippen LogP contribution in [0.25, 0.3) is 11.0 Å². The zero-order chi connectivity index (χ0) is 14.3. The van der Waals surface area contributed by atoms with Crippen molar-refractivity contribution >= 4 is 45.6 Å². The second kappa shape index (κ2) is 5.35. The van der Waals surface area contributed by atoms with E-state index < -0.39 is 0 Å². The van der Waals surface area contributed by atoms with E-state index in [1.54, 1.807) is 6.07 Å². The Kier molecular flexibility index (Phi) is 3.71. The van der Waals surface area contributed by atoms with E-state index in [1.807, 2.05) is 23.6 Å². The van der Waals surface area contributed by atoms with E-state index >= 15 is 0 Å². The second-order valence-corrected chi connectivity index (χ2v) is 6.50. The minimum Gasteiger partial charge on any atom is -0.319 e. The third-order valence-electron chi connectivity index (χ3n) is 3.24. The Hall–Kier alpha value is -1.10. The van der Waals surface area contributed by atoms with Crippen LogP contribution in [0.1, 0.15) is 23.7 Å². The summed E-state index contributed by atoms with van der Waals surface area (Å²) in [6, 6.07) is 8.41. The molecule has 2 heterocycles. The van der Waals surface area contributed by atoms with Crippen molar-refractivity contribution in [1.82, 2.24) is 9.55 Å². The van der Waals surface area contributed by atoms with Gasteiger partial charge in [-0.15, -0.1) is 22.9 Å². The molecule has 0 N–H and O–H groups in total. The molecule has 2 aromatic heterocycles. The molecule has 1 atom stereocenters. The number of alkyl halides is 1. The quantitative estimate of drug-likeness (QED) is 0.601. The van der Waals surface area contributed by atoms with Crippen LogP contribution >= 0.6 is 34.5 Å². The van der Waals surface area contributed by atoms with Gasteiger partial charge in [0.15, 0.2) is 0 Å². The van der Waals surface area contributed by atoms with Crippen molar-refractivity contribution in [1.29, 1.82) is 0 Å². The van der Waals surface area contributed by atoms with E-state index in [0.717, 1.165) is 26.1 Å². The molecule has 0 aliphatic heterocycles. The molecular formula is C14H11Cl2FN2S. The van der Waals surface area contributed by atoms with Gasteiger partial charge in [-0.2, -0.15) is 0 Å². The van der Waals surface area contributed by atoms with Crippen molar-refractivity contribution in [3.63, 3.8) is 0 Å². The van der Waals surface area contributed by atoms with Gasteiger partial charge < -0.3 is 4.57 Å². The van der Waals surface area contributed by atoms with Crippen LogP contribution in [-0.4, -0.2) is 9.55 Å². The van der Waals surface area contributed by atoms with Crippen LogP contribution < -0.4 is 0 Å². The lowest BCUT2D eigenvalue weighted by molar-refractivity contribution is 0.621. The number of benzene rings is 1. The lowest BCUT2D eigenvalue weighted by atomic mass is 10.2. The molecule has 104 valence electrons. The van der Waals surface area contributed by atoms with E-state index in [2.05, 4.69) is 4.98 Å². The molecule has 0 fully saturated rings. The number of fused-ring (bicyclic) bond motifs is 1. The minimum absolute atomic E-state index is 0.00745. The lowest BCUT2D eigenvalue weighted by Crippen LogP contribution is -2.08. The van der Waals surface area contributed by atoms with E-state index in [1.165, 1.54) is 23.5 Å². The maximum absolute atomic E-state index is 13.5. The van der Waals surface area contributed by atoms with Crippen molar-refractivity contribution in [2.75, 3.05) is 0 Å². The first kappa shape index (κ1) is 13.9. The Balaban J connectivity index is 2.20. The number of thiophene rings is 1. The maximum atomic E-state index is 13.5. The fourth-order valence-corrected chi connectivity index (χ4v) is 3.61. The summed E-state index contributed by atoms with van der Waals surface area (Å²) in [5, 5.41) is 0. The first-order valence-electron chi connectivity index (χ1n) is 6.07. The maximum Gasteiger partial charge on any atom is 0.125 e. The summed E-state index contributed by atoms with van der Waals surface area (Å²) in [4.78, 5) is 5.55. The molecule has 3 rings (SSSR count). The molecule has 3 aromatic rings. The normalized spacial score (nSPS) is 13.0. The largest absolute Gasteiger partial charge is 0.319 e. The Morgan fingerprint density at radius 1 is 1.35 bits per heavy atom. The van der Waals surface area contributed by atoms with Crippen LogP contribution in [0.5, 0.6) is 0 Å². The number of imidazole rings is 1. The van der Waals surface area contributed by atoms with Crippen molar-refractivity contribution in [2.45, 2.75) is 18.8 Å². The molecule has 6 heteroatoms. The van der Waals surface area contributed by atoms with Crippen molar-refractivity contribution in [3.05, 3.63) is 51.2 Å². The van der Waals surface area contributed by atoms with Gasteiger partial charge in [-0.1, -0.05) is 11.6 Å². The van der Waals surface area contributed by atoms with Gasteiger partial charge >= 0.3 is 0 Å². The minimum atomic E-state index is -0.281. The summed E-state index contributed by atoms with van der Waals surface area (Å²) >= 11 is 13.5. The summed E-state index contributed by atoms with van der Waals surface area (Å²) in [5.74, 6) is 0.722. The van der Waals surface area contributed by atoms with E-state index in [0.29, 0.717) is 0 Å². The van der Waals surface area contributed by atoms with Crippen LogP contribution in [-0.2, 0) is 5.88 Å². The molecule has 0 spiro atoms. The predicted molar refractivity (Wildman–Crippen MR) is 82.4 cm³/mol. The Bertz CT molecular complexity index is 766. The molecule has 0 radical (unpaired) electrons. The fourth-order valence-electron chi connectivity index (χ4n) is 2.32. The SMILES string of the molecule is CC(c1ccc(Cl)s1)n1c(CCl)nc2ccc(F)cc21. The summed E-state index contributed by atoms with van der Waals surface area (Å²) in [5.41, 5.74) is 1.49. The molecule has 0 saturated carbocycles. The number of hydrogen-bond donors (Lipinski definition) is 0. The third kappa shape index (κ3) is 2.32. The van der Waals surface area contributed by atoms with Gasteiger partial charge in [0.05, 0.1) is 27.3 Å². The highest BCUT2D eigenvalue weighted by Gasteiger charge is 2.18. The highest BCUT2D eigenvalue weighted by molar-refractivity contribution is 7.16. The molecule has 0 aliphatic carbocycles. The second-order valence-electron chi connectivity index (χ2n) is 4.48. The smallest absolute Gasteiger partial charge is 0.125 e. The molecule has 20 heavy (non-hydrogen) atoms. The van der Waals surface area contributed by atoms with E-state index in [-0.39, 0.29) is 17.7 Å². The van der Waals surface area contributed by atoms with Crippen LogP contribution in [0, 0.1) is 5.82 Å². The Morgan fingerprint density at radius 3 is 2.80 bits per heavy atom. The van der Waals surface area contributed by atoms with E-state index in [9.17, 15) is 4.39 Å². The van der Waals surface area contributed by atoms with E-state index in [4.69, 9.17) is 23.2 Å². The van der Waals surface area contributed by atoms with Gasteiger partial charge in [-0.3, -0.25) is 0 Å². The molecule has 0 aliphatic rings. The first-order valence-corrected chi connectivity index (χ1v) is 7.80. The molecule has 1 aromatic carbocycles. The summed E-state index contributed by atoms with van der Waals surface area (Å²) < 4.78 is 16.2. The molecule has 1 unspecified atom stereocenters. The standard InChI is InChI=1S/C14H11Cl2FN2S/c1-8(12-4-5-13(16)20-12)19-11-6-9(17)2-3-10(11)18-14(19)7-15/h2-6,8H,7H2,1H3. The van der Waals surface area contributed by atoms with Crippen LogP contribution in [0.15, 0.2) is 30.3 Å². The summed E-state index contributed by atoms with van der Waals surface area (Å²) in [6.45, 7) is 2.03. The van der Waals surface area contributed by atoms with Crippen molar-refractivity contribution in [3.8, 4) is 0 Å². The molecule has 0 saturated heterocycles. The average Bonchev–Trinajstić information content (AvgIpc) is 3.01. The Labute approximate surface area is 129 Å². The van der Waals surface area contributed by atoms with Gasteiger partial charge in [0.25, 0.3) is 0 Å². The first-order chi connectivity index (χ1) is 9.60. The van der Waals surface area contributed by atoms with Crippen molar-refractivity contribution < 1.29 is 4.39 Å². The van der Waals surface area contributed by atoms with Gasteiger partial charge in [0.1, 0.15) is 11.6 Å². The number of nitrogens with zero attached hydrogens (tertiary/aromatic N) is 2. The summed E-state index contributed by atoms with van der Waals surface area (Å²) in [6.07, 6.45) is 0. The van der Waals surface area contributed by atoms with Crippen LogP contribution in [0.3, 0.4) is 0 Å².